The van der Waals surface area contributed by atoms with Gasteiger partial charge in [0.25, 0.3) is 0 Å². The summed E-state index contributed by atoms with van der Waals surface area (Å²) in [6, 6.07) is 17.2. The fraction of sp³-hybridized carbons (Fsp3) is 0.435. The first-order valence-electron chi connectivity index (χ1n) is 9.66. The maximum atomic E-state index is 12.6. The lowest BCUT2D eigenvalue weighted by atomic mass is 9.94. The van der Waals surface area contributed by atoms with Crippen molar-refractivity contribution < 1.29 is 4.79 Å². The summed E-state index contributed by atoms with van der Waals surface area (Å²) in [6.45, 7) is 9.22. The first-order valence-corrected chi connectivity index (χ1v) is 9.66. The van der Waals surface area contributed by atoms with E-state index in [1.165, 1.54) is 22.3 Å². The van der Waals surface area contributed by atoms with E-state index in [0.29, 0.717) is 0 Å². The number of carbonyl (C=O) groups is 1. The smallest absolute Gasteiger partial charge is 0.223 e. The summed E-state index contributed by atoms with van der Waals surface area (Å²) in [4.78, 5) is 15.1. The standard InChI is InChI=1S/C23H30N2O/c1-17-4-8-20(9-5-17)16-25-14-12-22(13-15-25)23(26)24-19(3)21-10-6-18(2)7-11-21/h4-11,19,22H,12-16H2,1-3H3,(H,24,26)/t19-/m1/s1. The summed E-state index contributed by atoms with van der Waals surface area (Å²) in [5.74, 6) is 0.338. The maximum Gasteiger partial charge on any atom is 0.223 e. The molecule has 3 heteroatoms. The SMILES string of the molecule is Cc1ccc(CN2CCC(C(=O)N[C@H](C)c3ccc(C)cc3)CC2)cc1. The van der Waals surface area contributed by atoms with Gasteiger partial charge in [0.15, 0.2) is 0 Å². The van der Waals surface area contributed by atoms with Gasteiger partial charge < -0.3 is 5.32 Å². The third-order valence-corrected chi connectivity index (χ3v) is 5.42. The van der Waals surface area contributed by atoms with Gasteiger partial charge in [0, 0.05) is 12.5 Å². The highest BCUT2D eigenvalue weighted by molar-refractivity contribution is 5.79. The van der Waals surface area contributed by atoms with Gasteiger partial charge in [-0.15, -0.1) is 0 Å². The Morgan fingerprint density at radius 2 is 1.54 bits per heavy atom. The fourth-order valence-corrected chi connectivity index (χ4v) is 3.57. The molecule has 2 aromatic rings. The molecule has 3 nitrogen and oxygen atoms in total. The highest BCUT2D eigenvalue weighted by Gasteiger charge is 2.25. The van der Waals surface area contributed by atoms with Gasteiger partial charge in [-0.05, 0) is 57.8 Å². The highest BCUT2D eigenvalue weighted by atomic mass is 16.1. The van der Waals surface area contributed by atoms with Gasteiger partial charge in [-0.3, -0.25) is 9.69 Å². The number of benzene rings is 2. The van der Waals surface area contributed by atoms with Crippen molar-refractivity contribution in [2.75, 3.05) is 13.1 Å². The van der Waals surface area contributed by atoms with E-state index in [4.69, 9.17) is 0 Å². The van der Waals surface area contributed by atoms with Crippen LogP contribution in [0.3, 0.4) is 0 Å². The molecular formula is C23H30N2O. The molecule has 1 saturated heterocycles. The molecule has 3 rings (SSSR count). The third-order valence-electron chi connectivity index (χ3n) is 5.42. The second-order valence-electron chi connectivity index (χ2n) is 7.68. The number of carbonyl (C=O) groups excluding carboxylic acids is 1. The highest BCUT2D eigenvalue weighted by Crippen LogP contribution is 2.21. The lowest BCUT2D eigenvalue weighted by Gasteiger charge is -2.32. The number of likely N-dealkylation sites (tertiary alicyclic amines) is 1. The molecule has 26 heavy (non-hydrogen) atoms. The number of hydrogen-bond donors (Lipinski definition) is 1. The van der Waals surface area contributed by atoms with Gasteiger partial charge in [0.2, 0.25) is 5.91 Å². The second kappa shape index (κ2) is 8.50. The van der Waals surface area contributed by atoms with Gasteiger partial charge in [0.05, 0.1) is 6.04 Å². The second-order valence-corrected chi connectivity index (χ2v) is 7.68. The van der Waals surface area contributed by atoms with Crippen LogP contribution in [0.25, 0.3) is 0 Å². The predicted octanol–water partition coefficient (Wildman–Crippen LogP) is 4.39. The van der Waals surface area contributed by atoms with E-state index >= 15 is 0 Å². The van der Waals surface area contributed by atoms with Crippen LogP contribution in [0.5, 0.6) is 0 Å². The Morgan fingerprint density at radius 3 is 2.12 bits per heavy atom. The number of nitrogens with zero attached hydrogens (tertiary/aromatic N) is 1. The van der Waals surface area contributed by atoms with E-state index in [1.807, 2.05) is 0 Å². The molecule has 0 radical (unpaired) electrons. The van der Waals surface area contributed by atoms with Gasteiger partial charge in [-0.2, -0.15) is 0 Å². The van der Waals surface area contributed by atoms with Crippen molar-refractivity contribution in [3.63, 3.8) is 0 Å². The monoisotopic (exact) mass is 350 g/mol. The van der Waals surface area contributed by atoms with Crippen molar-refractivity contribution in [3.8, 4) is 0 Å². The third kappa shape index (κ3) is 4.95. The van der Waals surface area contributed by atoms with Crippen LogP contribution in [-0.4, -0.2) is 23.9 Å². The molecule has 0 aromatic heterocycles. The van der Waals surface area contributed by atoms with Crippen LogP contribution in [0.15, 0.2) is 48.5 Å². The van der Waals surface area contributed by atoms with Crippen molar-refractivity contribution in [2.24, 2.45) is 5.92 Å². The van der Waals surface area contributed by atoms with Gasteiger partial charge >= 0.3 is 0 Å². The Balaban J connectivity index is 1.47. The molecule has 1 aliphatic rings. The van der Waals surface area contributed by atoms with E-state index < -0.39 is 0 Å². The van der Waals surface area contributed by atoms with Crippen LogP contribution in [0, 0.1) is 19.8 Å². The zero-order valence-corrected chi connectivity index (χ0v) is 16.2. The Hall–Kier alpha value is -2.13. The number of hydrogen-bond acceptors (Lipinski definition) is 2. The molecule has 2 aromatic carbocycles. The van der Waals surface area contributed by atoms with E-state index in [-0.39, 0.29) is 17.9 Å². The van der Waals surface area contributed by atoms with Crippen molar-refractivity contribution in [2.45, 2.75) is 46.2 Å². The predicted molar refractivity (Wildman–Crippen MR) is 107 cm³/mol. The number of rotatable bonds is 5. The zero-order valence-electron chi connectivity index (χ0n) is 16.2. The van der Waals surface area contributed by atoms with Crippen molar-refractivity contribution >= 4 is 5.91 Å². The molecule has 1 aliphatic heterocycles. The quantitative estimate of drug-likeness (QED) is 0.867. The minimum Gasteiger partial charge on any atom is -0.349 e. The van der Waals surface area contributed by atoms with Crippen molar-refractivity contribution in [3.05, 3.63) is 70.8 Å². The summed E-state index contributed by atoms with van der Waals surface area (Å²) in [6.07, 6.45) is 1.89. The molecule has 0 bridgehead atoms. The topological polar surface area (TPSA) is 32.3 Å². The summed E-state index contributed by atoms with van der Waals surface area (Å²) in [5.41, 5.74) is 5.06. The number of aryl methyl sites for hydroxylation is 2. The molecule has 0 saturated carbocycles. The molecular weight excluding hydrogens is 320 g/mol. The first kappa shape index (κ1) is 18.7. The zero-order chi connectivity index (χ0) is 18.5. The summed E-state index contributed by atoms with van der Waals surface area (Å²) in [7, 11) is 0. The first-order chi connectivity index (χ1) is 12.5. The van der Waals surface area contributed by atoms with E-state index in [0.717, 1.165) is 32.5 Å². The Labute approximate surface area is 157 Å². The number of amides is 1. The number of nitrogens with one attached hydrogen (secondary N) is 1. The van der Waals surface area contributed by atoms with Crippen molar-refractivity contribution in [1.82, 2.24) is 10.2 Å². The Kier molecular flexibility index (Phi) is 6.10. The molecule has 1 N–H and O–H groups in total. The van der Waals surface area contributed by atoms with E-state index in [9.17, 15) is 4.79 Å². The molecule has 138 valence electrons. The van der Waals surface area contributed by atoms with Crippen LogP contribution in [0.4, 0.5) is 0 Å². The summed E-state index contributed by atoms with van der Waals surface area (Å²) in [5, 5.41) is 3.20. The van der Waals surface area contributed by atoms with Crippen LogP contribution < -0.4 is 5.32 Å². The molecule has 1 heterocycles. The Bertz CT molecular complexity index is 713. The fourth-order valence-electron chi connectivity index (χ4n) is 3.57. The molecule has 1 fully saturated rings. The molecule has 0 aliphatic carbocycles. The molecule has 1 amide bonds. The number of piperidine rings is 1. The molecule has 0 spiro atoms. The minimum atomic E-state index is 0.0636. The van der Waals surface area contributed by atoms with Crippen LogP contribution in [-0.2, 0) is 11.3 Å². The lowest BCUT2D eigenvalue weighted by Crippen LogP contribution is -2.40. The maximum absolute atomic E-state index is 12.6. The van der Waals surface area contributed by atoms with E-state index in [1.54, 1.807) is 0 Å². The molecule has 0 unspecified atom stereocenters. The van der Waals surface area contributed by atoms with Gasteiger partial charge in [-0.25, -0.2) is 0 Å². The van der Waals surface area contributed by atoms with Crippen LogP contribution >= 0.6 is 0 Å². The largest absolute Gasteiger partial charge is 0.349 e. The minimum absolute atomic E-state index is 0.0636. The van der Waals surface area contributed by atoms with Crippen molar-refractivity contribution in [1.29, 1.82) is 0 Å². The van der Waals surface area contributed by atoms with Crippen LogP contribution in [0.2, 0.25) is 0 Å². The van der Waals surface area contributed by atoms with Gasteiger partial charge in [0.1, 0.15) is 0 Å². The lowest BCUT2D eigenvalue weighted by molar-refractivity contribution is -0.127. The summed E-state index contributed by atoms with van der Waals surface area (Å²) >= 11 is 0. The average molecular weight is 351 g/mol. The van der Waals surface area contributed by atoms with Gasteiger partial charge in [-0.1, -0.05) is 59.7 Å². The summed E-state index contributed by atoms with van der Waals surface area (Å²) < 4.78 is 0. The normalized spacial score (nSPS) is 17.0. The molecule has 1 atom stereocenters. The van der Waals surface area contributed by atoms with Crippen LogP contribution in [0.1, 0.15) is 48.1 Å². The Morgan fingerprint density at radius 1 is 1.00 bits per heavy atom. The average Bonchev–Trinajstić information content (AvgIpc) is 2.64. The van der Waals surface area contributed by atoms with E-state index in [2.05, 4.69) is 79.5 Å².